The number of oxime groups is 1. The van der Waals surface area contributed by atoms with E-state index in [0.29, 0.717) is 0 Å². The SMILES string of the molecule is CN(C)/C=C/C1ON=C(c2c(F)cccc2Cl)C1C#N. The summed E-state index contributed by atoms with van der Waals surface area (Å²) in [4.78, 5) is 7.02. The van der Waals surface area contributed by atoms with Crippen molar-refractivity contribution >= 4 is 17.3 Å². The normalized spacial score (nSPS) is 21.4. The molecule has 1 aromatic rings. The Kier molecular flexibility index (Phi) is 4.26. The Morgan fingerprint density at radius 1 is 1.50 bits per heavy atom. The van der Waals surface area contributed by atoms with Crippen LogP contribution in [-0.2, 0) is 4.84 Å². The van der Waals surface area contributed by atoms with Crippen molar-refractivity contribution in [3.63, 3.8) is 0 Å². The molecule has 1 heterocycles. The van der Waals surface area contributed by atoms with Gasteiger partial charge in [0.05, 0.1) is 16.7 Å². The van der Waals surface area contributed by atoms with Gasteiger partial charge in [0.2, 0.25) is 0 Å². The lowest BCUT2D eigenvalue weighted by Gasteiger charge is -2.11. The van der Waals surface area contributed by atoms with Crippen molar-refractivity contribution in [2.75, 3.05) is 14.1 Å². The average Bonchev–Trinajstić information content (AvgIpc) is 2.79. The molecule has 6 heteroatoms. The number of hydrogen-bond donors (Lipinski definition) is 0. The molecule has 0 fully saturated rings. The summed E-state index contributed by atoms with van der Waals surface area (Å²) in [7, 11) is 3.70. The van der Waals surface area contributed by atoms with Gasteiger partial charge in [-0.2, -0.15) is 5.26 Å². The van der Waals surface area contributed by atoms with Crippen LogP contribution in [0.15, 0.2) is 35.6 Å². The van der Waals surface area contributed by atoms with Gasteiger partial charge in [0.1, 0.15) is 17.4 Å². The number of rotatable bonds is 3. The zero-order valence-corrected chi connectivity index (χ0v) is 11.8. The molecule has 0 spiro atoms. The molecule has 1 aliphatic heterocycles. The minimum Gasteiger partial charge on any atom is -0.386 e. The molecule has 0 aliphatic carbocycles. The van der Waals surface area contributed by atoms with E-state index in [1.165, 1.54) is 12.1 Å². The number of halogens is 2. The fourth-order valence-electron chi connectivity index (χ4n) is 1.87. The lowest BCUT2D eigenvalue weighted by molar-refractivity contribution is 0.106. The summed E-state index contributed by atoms with van der Waals surface area (Å²) in [5.74, 6) is -1.21. The van der Waals surface area contributed by atoms with Gasteiger partial charge in [-0.05, 0) is 24.4 Å². The summed E-state index contributed by atoms with van der Waals surface area (Å²) < 4.78 is 13.9. The van der Waals surface area contributed by atoms with Gasteiger partial charge in [0.25, 0.3) is 0 Å². The van der Waals surface area contributed by atoms with Crippen molar-refractivity contribution in [3.8, 4) is 6.07 Å². The first kappa shape index (κ1) is 14.4. The Hall–Kier alpha value is -2.06. The maximum Gasteiger partial charge on any atom is 0.168 e. The van der Waals surface area contributed by atoms with Crippen LogP contribution in [0.2, 0.25) is 5.02 Å². The quantitative estimate of drug-likeness (QED) is 0.861. The predicted molar refractivity (Wildman–Crippen MR) is 74.8 cm³/mol. The molecule has 2 atom stereocenters. The van der Waals surface area contributed by atoms with Gasteiger partial charge < -0.3 is 9.74 Å². The van der Waals surface area contributed by atoms with Crippen molar-refractivity contribution in [2.45, 2.75) is 6.10 Å². The Morgan fingerprint density at radius 2 is 2.25 bits per heavy atom. The lowest BCUT2D eigenvalue weighted by Crippen LogP contribution is -2.22. The molecular formula is C14H13ClFN3O. The molecule has 104 valence electrons. The largest absolute Gasteiger partial charge is 0.386 e. The summed E-state index contributed by atoms with van der Waals surface area (Å²) in [5, 5.41) is 13.3. The zero-order chi connectivity index (χ0) is 14.7. The highest BCUT2D eigenvalue weighted by molar-refractivity contribution is 6.34. The molecule has 2 unspecified atom stereocenters. The molecule has 0 saturated heterocycles. The van der Waals surface area contributed by atoms with Crippen LogP contribution in [0.25, 0.3) is 0 Å². The van der Waals surface area contributed by atoms with E-state index < -0.39 is 17.8 Å². The van der Waals surface area contributed by atoms with Crippen LogP contribution >= 0.6 is 11.6 Å². The van der Waals surface area contributed by atoms with Crippen LogP contribution in [0.4, 0.5) is 4.39 Å². The van der Waals surface area contributed by atoms with Crippen molar-refractivity contribution in [2.24, 2.45) is 11.1 Å². The molecule has 4 nitrogen and oxygen atoms in total. The number of hydrogen-bond acceptors (Lipinski definition) is 4. The van der Waals surface area contributed by atoms with Gasteiger partial charge in [0.15, 0.2) is 6.10 Å². The van der Waals surface area contributed by atoms with Gasteiger partial charge >= 0.3 is 0 Å². The minimum absolute atomic E-state index is 0.126. The monoisotopic (exact) mass is 293 g/mol. The molecule has 1 aliphatic rings. The van der Waals surface area contributed by atoms with Crippen molar-refractivity contribution in [1.82, 2.24) is 4.90 Å². The highest BCUT2D eigenvalue weighted by atomic mass is 35.5. The van der Waals surface area contributed by atoms with E-state index >= 15 is 0 Å². The Labute approximate surface area is 121 Å². The Morgan fingerprint density at radius 3 is 2.85 bits per heavy atom. The third-order valence-electron chi connectivity index (χ3n) is 2.83. The molecule has 0 radical (unpaired) electrons. The van der Waals surface area contributed by atoms with Crippen molar-refractivity contribution in [1.29, 1.82) is 5.26 Å². The topological polar surface area (TPSA) is 48.6 Å². The van der Waals surface area contributed by atoms with E-state index in [-0.39, 0.29) is 16.3 Å². The smallest absolute Gasteiger partial charge is 0.168 e. The van der Waals surface area contributed by atoms with Crippen LogP contribution in [0.1, 0.15) is 5.56 Å². The van der Waals surface area contributed by atoms with E-state index in [1.807, 2.05) is 19.0 Å². The molecular weight excluding hydrogens is 281 g/mol. The molecule has 0 N–H and O–H groups in total. The highest BCUT2D eigenvalue weighted by Gasteiger charge is 2.36. The minimum atomic E-state index is -0.694. The number of nitriles is 1. The maximum absolute atomic E-state index is 13.9. The summed E-state index contributed by atoms with van der Waals surface area (Å²) in [6.45, 7) is 0. The van der Waals surface area contributed by atoms with Crippen LogP contribution in [-0.4, -0.2) is 30.8 Å². The summed E-state index contributed by atoms with van der Waals surface area (Å²) in [6.07, 6.45) is 2.92. The van der Waals surface area contributed by atoms with Gasteiger partial charge in [-0.3, -0.25) is 0 Å². The first-order chi connectivity index (χ1) is 9.54. The van der Waals surface area contributed by atoms with E-state index in [0.717, 1.165) is 0 Å². The summed E-state index contributed by atoms with van der Waals surface area (Å²) >= 11 is 6.00. The summed E-state index contributed by atoms with van der Waals surface area (Å²) in [6, 6.07) is 6.43. The van der Waals surface area contributed by atoms with Gasteiger partial charge in [0, 0.05) is 14.1 Å². The second-order valence-corrected chi connectivity index (χ2v) is 4.96. The fourth-order valence-corrected chi connectivity index (χ4v) is 2.13. The van der Waals surface area contributed by atoms with Crippen LogP contribution in [0.3, 0.4) is 0 Å². The van der Waals surface area contributed by atoms with Crippen LogP contribution in [0, 0.1) is 23.1 Å². The van der Waals surface area contributed by atoms with Crippen LogP contribution < -0.4 is 0 Å². The molecule has 1 aromatic carbocycles. The Bertz CT molecular complexity index is 587. The van der Waals surface area contributed by atoms with Crippen molar-refractivity contribution in [3.05, 3.63) is 46.9 Å². The predicted octanol–water partition coefficient (Wildman–Crippen LogP) is 2.80. The van der Waals surface area contributed by atoms with Gasteiger partial charge in [-0.15, -0.1) is 0 Å². The highest BCUT2D eigenvalue weighted by Crippen LogP contribution is 2.29. The molecule has 0 amide bonds. The molecule has 2 rings (SSSR count). The fraction of sp³-hybridized carbons (Fsp3) is 0.286. The Balaban J connectivity index is 2.33. The van der Waals surface area contributed by atoms with E-state index in [2.05, 4.69) is 11.2 Å². The lowest BCUT2D eigenvalue weighted by atomic mass is 9.93. The molecule has 0 bridgehead atoms. The first-order valence-corrected chi connectivity index (χ1v) is 6.35. The number of nitrogens with zero attached hydrogens (tertiary/aromatic N) is 3. The average molecular weight is 294 g/mol. The van der Waals surface area contributed by atoms with Crippen molar-refractivity contribution < 1.29 is 9.23 Å². The molecule has 20 heavy (non-hydrogen) atoms. The standard InChI is InChI=1S/C14H13ClFN3O/c1-19(2)7-6-12-9(8-17)14(18-20-12)13-10(15)4-3-5-11(13)16/h3-7,9,12H,1-2H3/b7-6+. The van der Waals surface area contributed by atoms with Crippen LogP contribution in [0.5, 0.6) is 0 Å². The zero-order valence-electron chi connectivity index (χ0n) is 11.0. The summed E-state index contributed by atoms with van der Waals surface area (Å²) in [5.41, 5.74) is 0.352. The number of benzene rings is 1. The second-order valence-electron chi connectivity index (χ2n) is 4.56. The first-order valence-electron chi connectivity index (χ1n) is 5.97. The van der Waals surface area contributed by atoms with Gasteiger partial charge in [-0.25, -0.2) is 4.39 Å². The maximum atomic E-state index is 13.9. The van der Waals surface area contributed by atoms with E-state index in [9.17, 15) is 9.65 Å². The molecule has 0 saturated carbocycles. The second kappa shape index (κ2) is 5.93. The van der Waals surface area contributed by atoms with E-state index in [4.69, 9.17) is 16.4 Å². The third-order valence-corrected chi connectivity index (χ3v) is 3.14. The third kappa shape index (κ3) is 2.75. The van der Waals surface area contributed by atoms with Gasteiger partial charge in [-0.1, -0.05) is 22.8 Å². The van der Waals surface area contributed by atoms with E-state index in [1.54, 1.807) is 18.3 Å². The molecule has 0 aromatic heterocycles.